The van der Waals surface area contributed by atoms with Crippen LogP contribution in [0.3, 0.4) is 0 Å². The van der Waals surface area contributed by atoms with Crippen molar-refractivity contribution >= 4 is 5.91 Å². The summed E-state index contributed by atoms with van der Waals surface area (Å²) in [6.07, 6.45) is 2.03. The number of quaternary nitrogens is 1. The van der Waals surface area contributed by atoms with E-state index < -0.39 is 0 Å². The molecule has 0 saturated carbocycles. The average Bonchev–Trinajstić information content (AvgIpc) is 2.19. The maximum absolute atomic E-state index is 11.5. The highest BCUT2D eigenvalue weighted by Gasteiger charge is 2.21. The molecule has 0 aromatic rings. The van der Waals surface area contributed by atoms with Crippen LogP contribution in [0.15, 0.2) is 0 Å². The molecule has 0 aliphatic carbocycles. The fourth-order valence-corrected chi connectivity index (χ4v) is 1.61. The minimum absolute atomic E-state index is 0.199. The van der Waals surface area contributed by atoms with Crippen molar-refractivity contribution in [1.82, 2.24) is 5.32 Å². The van der Waals surface area contributed by atoms with Crippen molar-refractivity contribution in [2.75, 3.05) is 33.4 Å². The molecule has 0 aromatic carbocycles. The first-order chi connectivity index (χ1) is 6.34. The van der Waals surface area contributed by atoms with Gasteiger partial charge in [0.15, 0.2) is 0 Å². The van der Waals surface area contributed by atoms with Gasteiger partial charge in [0.2, 0.25) is 5.91 Å². The van der Waals surface area contributed by atoms with Crippen molar-refractivity contribution in [3.05, 3.63) is 0 Å². The minimum Gasteiger partial charge on any atom is -0.383 e. The Balaban J connectivity index is 2.13. The van der Waals surface area contributed by atoms with E-state index in [1.807, 2.05) is 0 Å². The molecular weight excluding hydrogens is 168 g/mol. The molecule has 1 aliphatic heterocycles. The molecule has 0 spiro atoms. The summed E-state index contributed by atoms with van der Waals surface area (Å²) >= 11 is 0. The first-order valence-electron chi connectivity index (χ1n) is 4.93. The Labute approximate surface area is 79.0 Å². The molecular formula is C9H19N2O2+. The second-order valence-corrected chi connectivity index (χ2v) is 3.42. The van der Waals surface area contributed by atoms with E-state index in [9.17, 15) is 4.79 Å². The van der Waals surface area contributed by atoms with Crippen molar-refractivity contribution in [3.8, 4) is 0 Å². The molecule has 1 amide bonds. The van der Waals surface area contributed by atoms with E-state index >= 15 is 0 Å². The Morgan fingerprint density at radius 1 is 1.54 bits per heavy atom. The molecule has 4 heteroatoms. The van der Waals surface area contributed by atoms with Gasteiger partial charge in [0.1, 0.15) is 0 Å². The lowest BCUT2D eigenvalue weighted by Crippen LogP contribution is -2.86. The fraction of sp³-hybridized carbons (Fsp3) is 0.889. The second-order valence-electron chi connectivity index (χ2n) is 3.42. The Kier molecular flexibility index (Phi) is 4.78. The summed E-state index contributed by atoms with van der Waals surface area (Å²) in [7, 11) is 1.64. The molecule has 0 unspecified atom stereocenters. The number of carbonyl (C=O) groups excluding carboxylic acids is 1. The van der Waals surface area contributed by atoms with E-state index in [1.54, 1.807) is 7.11 Å². The first-order valence-corrected chi connectivity index (χ1v) is 4.93. The van der Waals surface area contributed by atoms with Gasteiger partial charge in [-0.25, -0.2) is 0 Å². The standard InChI is InChI=1S/C9H18N2O2/c1-13-7-6-11-9(12)8-2-4-10-5-3-8/h8,10H,2-7H2,1H3,(H,11,12)/p+1. The van der Waals surface area contributed by atoms with E-state index in [2.05, 4.69) is 10.6 Å². The van der Waals surface area contributed by atoms with Gasteiger partial charge in [0.05, 0.1) is 19.7 Å². The number of ether oxygens (including phenoxy) is 1. The number of piperidine rings is 1. The number of hydrogen-bond donors (Lipinski definition) is 2. The van der Waals surface area contributed by atoms with Crippen LogP contribution in [-0.4, -0.2) is 39.3 Å². The lowest BCUT2D eigenvalue weighted by molar-refractivity contribution is -0.664. The van der Waals surface area contributed by atoms with Crippen LogP contribution in [0.2, 0.25) is 0 Å². The SMILES string of the molecule is COCCNC(=O)C1CC[NH2+]CC1. The largest absolute Gasteiger partial charge is 0.383 e. The van der Waals surface area contributed by atoms with Gasteiger partial charge in [-0.2, -0.15) is 0 Å². The normalized spacial score (nSPS) is 18.5. The van der Waals surface area contributed by atoms with E-state index in [4.69, 9.17) is 4.74 Å². The Morgan fingerprint density at radius 3 is 2.85 bits per heavy atom. The lowest BCUT2D eigenvalue weighted by Gasteiger charge is -2.19. The fourth-order valence-electron chi connectivity index (χ4n) is 1.61. The molecule has 0 bridgehead atoms. The van der Waals surface area contributed by atoms with Crippen molar-refractivity contribution in [2.24, 2.45) is 5.92 Å². The highest BCUT2D eigenvalue weighted by atomic mass is 16.5. The van der Waals surface area contributed by atoms with Gasteiger partial charge in [-0.15, -0.1) is 0 Å². The summed E-state index contributed by atoms with van der Waals surface area (Å²) in [5.74, 6) is 0.437. The predicted molar refractivity (Wildman–Crippen MR) is 49.3 cm³/mol. The molecule has 4 nitrogen and oxygen atoms in total. The number of nitrogens with two attached hydrogens (primary N) is 1. The summed E-state index contributed by atoms with van der Waals surface area (Å²) in [6.45, 7) is 3.41. The zero-order valence-electron chi connectivity index (χ0n) is 8.21. The Bertz CT molecular complexity index is 156. The highest BCUT2D eigenvalue weighted by Crippen LogP contribution is 2.07. The van der Waals surface area contributed by atoms with E-state index in [0.29, 0.717) is 13.2 Å². The molecule has 0 aromatic heterocycles. The molecule has 3 N–H and O–H groups in total. The Morgan fingerprint density at radius 2 is 2.23 bits per heavy atom. The molecule has 1 saturated heterocycles. The van der Waals surface area contributed by atoms with E-state index in [-0.39, 0.29) is 11.8 Å². The van der Waals surface area contributed by atoms with E-state index in [0.717, 1.165) is 25.9 Å². The summed E-state index contributed by atoms with van der Waals surface area (Å²) in [5.41, 5.74) is 0. The van der Waals surface area contributed by atoms with Gasteiger partial charge < -0.3 is 15.4 Å². The smallest absolute Gasteiger partial charge is 0.223 e. The van der Waals surface area contributed by atoms with Crippen molar-refractivity contribution in [2.45, 2.75) is 12.8 Å². The molecule has 1 rings (SSSR count). The van der Waals surface area contributed by atoms with Crippen LogP contribution >= 0.6 is 0 Å². The van der Waals surface area contributed by atoms with Crippen molar-refractivity contribution in [1.29, 1.82) is 0 Å². The number of hydrogen-bond acceptors (Lipinski definition) is 2. The van der Waals surface area contributed by atoms with E-state index in [1.165, 1.54) is 0 Å². The lowest BCUT2D eigenvalue weighted by atomic mass is 9.97. The van der Waals surface area contributed by atoms with Crippen LogP contribution < -0.4 is 10.6 Å². The van der Waals surface area contributed by atoms with Gasteiger partial charge in [-0.05, 0) is 0 Å². The summed E-state index contributed by atoms with van der Waals surface area (Å²) in [6, 6.07) is 0. The highest BCUT2D eigenvalue weighted by molar-refractivity contribution is 5.78. The second kappa shape index (κ2) is 5.94. The maximum Gasteiger partial charge on any atom is 0.223 e. The molecule has 0 atom stereocenters. The summed E-state index contributed by atoms with van der Waals surface area (Å²) < 4.78 is 4.86. The molecule has 13 heavy (non-hydrogen) atoms. The number of rotatable bonds is 4. The van der Waals surface area contributed by atoms with Gasteiger partial charge in [-0.3, -0.25) is 4.79 Å². The third kappa shape index (κ3) is 3.74. The minimum atomic E-state index is 0.199. The zero-order valence-corrected chi connectivity index (χ0v) is 8.21. The molecule has 1 aliphatic rings. The van der Waals surface area contributed by atoms with Gasteiger partial charge in [0, 0.05) is 32.4 Å². The van der Waals surface area contributed by atoms with Crippen LogP contribution in [0.4, 0.5) is 0 Å². The molecule has 1 fully saturated rings. The topological polar surface area (TPSA) is 54.9 Å². The van der Waals surface area contributed by atoms with Crippen molar-refractivity contribution in [3.63, 3.8) is 0 Å². The number of nitrogens with one attached hydrogen (secondary N) is 1. The summed E-state index contributed by atoms with van der Waals surface area (Å²) in [4.78, 5) is 11.5. The average molecular weight is 187 g/mol. The van der Waals surface area contributed by atoms with Crippen LogP contribution in [0, 0.1) is 5.92 Å². The van der Waals surface area contributed by atoms with Crippen molar-refractivity contribution < 1.29 is 14.8 Å². The van der Waals surface area contributed by atoms with Gasteiger partial charge in [0.25, 0.3) is 0 Å². The van der Waals surface area contributed by atoms with Crippen LogP contribution in [0.1, 0.15) is 12.8 Å². The number of amides is 1. The van der Waals surface area contributed by atoms with Crippen LogP contribution in [0.25, 0.3) is 0 Å². The zero-order chi connectivity index (χ0) is 9.52. The number of methoxy groups -OCH3 is 1. The molecule has 76 valence electrons. The van der Waals surface area contributed by atoms with Crippen LogP contribution in [0.5, 0.6) is 0 Å². The molecule has 0 radical (unpaired) electrons. The van der Waals surface area contributed by atoms with Gasteiger partial charge in [-0.1, -0.05) is 0 Å². The van der Waals surface area contributed by atoms with Crippen LogP contribution in [-0.2, 0) is 9.53 Å². The monoisotopic (exact) mass is 187 g/mol. The third-order valence-corrected chi connectivity index (χ3v) is 2.41. The predicted octanol–water partition coefficient (Wildman–Crippen LogP) is -1.28. The third-order valence-electron chi connectivity index (χ3n) is 2.41. The maximum atomic E-state index is 11.5. The first kappa shape index (κ1) is 10.5. The quantitative estimate of drug-likeness (QED) is 0.539. The van der Waals surface area contributed by atoms with Gasteiger partial charge >= 0.3 is 0 Å². The Hall–Kier alpha value is -0.610. The molecule has 1 heterocycles. The summed E-state index contributed by atoms with van der Waals surface area (Å²) in [5, 5.41) is 5.14. The number of carbonyl (C=O) groups is 1.